The maximum atomic E-state index is 12.4. The van der Waals surface area contributed by atoms with Crippen LogP contribution in [-0.2, 0) is 15.4 Å². The lowest BCUT2D eigenvalue weighted by Crippen LogP contribution is -2.36. The number of hydrogen-bond donors (Lipinski definition) is 2. The predicted octanol–water partition coefficient (Wildman–Crippen LogP) is 3.08. The Balaban J connectivity index is 2.04. The molecule has 2 rings (SSSR count). The van der Waals surface area contributed by atoms with E-state index < -0.39 is 10.0 Å². The number of carbonyl (C=O) groups excluding carboxylic acids is 1. The van der Waals surface area contributed by atoms with Gasteiger partial charge in [0.1, 0.15) is 0 Å². The minimum Gasteiger partial charge on any atom is -0.351 e. The summed E-state index contributed by atoms with van der Waals surface area (Å²) in [6.45, 7) is 8.12. The highest BCUT2D eigenvalue weighted by molar-refractivity contribution is 7.89. The minimum atomic E-state index is -3.56. The summed E-state index contributed by atoms with van der Waals surface area (Å²) in [6.07, 6.45) is 0. The Morgan fingerprint density at radius 3 is 2.12 bits per heavy atom. The van der Waals surface area contributed by atoms with Crippen LogP contribution >= 0.6 is 0 Å². The Labute approximate surface area is 155 Å². The monoisotopic (exact) mass is 374 g/mol. The number of amides is 1. The molecule has 0 aliphatic heterocycles. The third-order valence-corrected chi connectivity index (χ3v) is 5.74. The third kappa shape index (κ3) is 5.16. The van der Waals surface area contributed by atoms with Gasteiger partial charge >= 0.3 is 0 Å². The van der Waals surface area contributed by atoms with Gasteiger partial charge in [0.05, 0.1) is 4.90 Å². The van der Waals surface area contributed by atoms with E-state index in [1.165, 1.54) is 24.3 Å². The van der Waals surface area contributed by atoms with Crippen LogP contribution in [0.2, 0.25) is 0 Å². The second-order valence-electron chi connectivity index (χ2n) is 7.23. The first kappa shape index (κ1) is 20.1. The third-order valence-electron chi connectivity index (χ3n) is 4.06. The molecule has 0 aliphatic rings. The van der Waals surface area contributed by atoms with Gasteiger partial charge in [0.25, 0.3) is 5.91 Å². The van der Waals surface area contributed by atoms with Gasteiger partial charge in [-0.05, 0) is 43.7 Å². The smallest absolute Gasteiger partial charge is 0.251 e. The number of rotatable bonds is 7. The molecule has 0 saturated carbocycles. The van der Waals surface area contributed by atoms with Crippen LogP contribution in [0, 0.1) is 0 Å². The molecule has 2 aromatic rings. The van der Waals surface area contributed by atoms with E-state index in [4.69, 9.17) is 0 Å². The van der Waals surface area contributed by atoms with Crippen molar-refractivity contribution in [1.82, 2.24) is 10.0 Å². The molecule has 0 radical (unpaired) electrons. The number of sulfonamides is 1. The van der Waals surface area contributed by atoms with E-state index in [0.717, 1.165) is 5.56 Å². The molecule has 2 aromatic carbocycles. The second kappa shape index (κ2) is 8.01. The van der Waals surface area contributed by atoms with E-state index in [0.29, 0.717) is 12.1 Å². The second-order valence-corrected chi connectivity index (χ2v) is 8.95. The highest BCUT2D eigenvalue weighted by atomic mass is 32.2. The van der Waals surface area contributed by atoms with Crippen LogP contribution in [0.15, 0.2) is 59.5 Å². The van der Waals surface area contributed by atoms with Gasteiger partial charge < -0.3 is 5.32 Å². The molecule has 0 atom stereocenters. The molecule has 0 heterocycles. The van der Waals surface area contributed by atoms with Crippen LogP contribution in [-0.4, -0.2) is 26.9 Å². The number of carbonyl (C=O) groups is 1. The van der Waals surface area contributed by atoms with Gasteiger partial charge in [-0.25, -0.2) is 13.1 Å². The first-order chi connectivity index (χ1) is 12.1. The summed E-state index contributed by atoms with van der Waals surface area (Å²) in [4.78, 5) is 12.5. The van der Waals surface area contributed by atoms with Crippen molar-refractivity contribution in [3.05, 3.63) is 65.7 Å². The molecule has 0 fully saturated rings. The molecule has 0 spiro atoms. The number of benzene rings is 2. The molecule has 26 heavy (non-hydrogen) atoms. The molecule has 2 N–H and O–H groups in total. The topological polar surface area (TPSA) is 75.3 Å². The fourth-order valence-corrected chi connectivity index (χ4v) is 3.81. The van der Waals surface area contributed by atoms with Crippen LogP contribution in [0.3, 0.4) is 0 Å². The molecule has 5 nitrogen and oxygen atoms in total. The molecule has 140 valence electrons. The van der Waals surface area contributed by atoms with E-state index in [2.05, 4.69) is 23.9 Å². The largest absolute Gasteiger partial charge is 0.351 e. The van der Waals surface area contributed by atoms with Crippen LogP contribution in [0.4, 0.5) is 0 Å². The summed E-state index contributed by atoms with van der Waals surface area (Å²) in [5.74, 6) is -0.227. The lowest BCUT2D eigenvalue weighted by atomic mass is 9.84. The number of hydrogen-bond acceptors (Lipinski definition) is 3. The van der Waals surface area contributed by atoms with E-state index in [-0.39, 0.29) is 22.3 Å². The highest BCUT2D eigenvalue weighted by Gasteiger charge is 2.22. The summed E-state index contributed by atoms with van der Waals surface area (Å²) in [7, 11) is -3.56. The summed E-state index contributed by atoms with van der Waals surface area (Å²) in [5, 5.41) is 2.92. The van der Waals surface area contributed by atoms with Gasteiger partial charge in [-0.1, -0.05) is 44.2 Å². The van der Waals surface area contributed by atoms with Gasteiger partial charge in [-0.2, -0.15) is 0 Å². The normalized spacial score (nSPS) is 12.2. The quantitative estimate of drug-likeness (QED) is 0.782. The summed E-state index contributed by atoms with van der Waals surface area (Å²) in [6, 6.07) is 15.7. The molecule has 0 bridgehead atoms. The summed E-state index contributed by atoms with van der Waals surface area (Å²) >= 11 is 0. The van der Waals surface area contributed by atoms with Crippen molar-refractivity contribution >= 4 is 15.9 Å². The predicted molar refractivity (Wildman–Crippen MR) is 104 cm³/mol. The average molecular weight is 375 g/mol. The Morgan fingerprint density at radius 2 is 1.58 bits per heavy atom. The van der Waals surface area contributed by atoms with Crippen molar-refractivity contribution in [1.29, 1.82) is 0 Å². The van der Waals surface area contributed by atoms with Gasteiger partial charge in [-0.3, -0.25) is 4.79 Å². The van der Waals surface area contributed by atoms with Crippen LogP contribution < -0.4 is 10.0 Å². The average Bonchev–Trinajstić information content (AvgIpc) is 2.59. The van der Waals surface area contributed by atoms with Gasteiger partial charge in [0.15, 0.2) is 0 Å². The fourth-order valence-electron chi connectivity index (χ4n) is 2.56. The molecule has 0 saturated heterocycles. The fraction of sp³-hybridized carbons (Fsp3) is 0.350. The van der Waals surface area contributed by atoms with Crippen molar-refractivity contribution in [3.63, 3.8) is 0 Å². The number of nitrogens with one attached hydrogen (secondary N) is 2. The molecule has 6 heteroatoms. The van der Waals surface area contributed by atoms with Crippen LogP contribution in [0.25, 0.3) is 0 Å². The standard InChI is InChI=1S/C20H26N2O3S/c1-15(2)22-26(24,25)18-12-10-16(11-13-18)19(23)21-14-20(3,4)17-8-6-5-7-9-17/h5-13,15,22H,14H2,1-4H3,(H,21,23). The van der Waals surface area contributed by atoms with E-state index >= 15 is 0 Å². The van der Waals surface area contributed by atoms with Gasteiger partial charge in [0, 0.05) is 23.6 Å². The van der Waals surface area contributed by atoms with Crippen LogP contribution in [0.5, 0.6) is 0 Å². The summed E-state index contributed by atoms with van der Waals surface area (Å²) in [5.41, 5.74) is 1.36. The van der Waals surface area contributed by atoms with Crippen molar-refractivity contribution < 1.29 is 13.2 Å². The lowest BCUT2D eigenvalue weighted by Gasteiger charge is -2.25. The Hall–Kier alpha value is -2.18. The maximum absolute atomic E-state index is 12.4. The first-order valence-corrected chi connectivity index (χ1v) is 10.1. The molecule has 1 amide bonds. The Kier molecular flexibility index (Phi) is 6.21. The van der Waals surface area contributed by atoms with Crippen molar-refractivity contribution in [3.8, 4) is 0 Å². The first-order valence-electron chi connectivity index (χ1n) is 8.58. The van der Waals surface area contributed by atoms with Crippen LogP contribution in [0.1, 0.15) is 43.6 Å². The van der Waals surface area contributed by atoms with Crippen molar-refractivity contribution in [2.75, 3.05) is 6.54 Å². The Morgan fingerprint density at radius 1 is 1.00 bits per heavy atom. The molecular formula is C20H26N2O3S. The SMILES string of the molecule is CC(C)NS(=O)(=O)c1ccc(C(=O)NCC(C)(C)c2ccccc2)cc1. The van der Waals surface area contributed by atoms with E-state index in [1.807, 2.05) is 30.3 Å². The minimum absolute atomic E-state index is 0.146. The lowest BCUT2D eigenvalue weighted by molar-refractivity contribution is 0.0945. The zero-order chi connectivity index (χ0) is 19.4. The zero-order valence-electron chi connectivity index (χ0n) is 15.6. The van der Waals surface area contributed by atoms with E-state index in [9.17, 15) is 13.2 Å². The molecular weight excluding hydrogens is 348 g/mol. The van der Waals surface area contributed by atoms with Gasteiger partial charge in [-0.15, -0.1) is 0 Å². The Bertz CT molecular complexity index is 842. The van der Waals surface area contributed by atoms with Gasteiger partial charge in [0.2, 0.25) is 10.0 Å². The zero-order valence-corrected chi connectivity index (χ0v) is 16.4. The maximum Gasteiger partial charge on any atom is 0.251 e. The molecule has 0 aliphatic carbocycles. The van der Waals surface area contributed by atoms with Crippen molar-refractivity contribution in [2.45, 2.75) is 44.0 Å². The van der Waals surface area contributed by atoms with Crippen molar-refractivity contribution in [2.24, 2.45) is 0 Å². The molecule has 0 aromatic heterocycles. The summed E-state index contributed by atoms with van der Waals surface area (Å²) < 4.78 is 26.8. The highest BCUT2D eigenvalue weighted by Crippen LogP contribution is 2.22. The van der Waals surface area contributed by atoms with E-state index in [1.54, 1.807) is 13.8 Å². The molecule has 0 unspecified atom stereocenters.